The van der Waals surface area contributed by atoms with Crippen LogP contribution in [0.2, 0.25) is 0 Å². The summed E-state index contributed by atoms with van der Waals surface area (Å²) in [5.41, 5.74) is 2.29. The first-order valence-electron chi connectivity index (χ1n) is 9.82. The molecule has 7 nitrogen and oxygen atoms in total. The number of benzene rings is 2. The maximum Gasteiger partial charge on any atom is 0.300 e. The van der Waals surface area contributed by atoms with Gasteiger partial charge in [-0.25, -0.2) is 4.68 Å². The van der Waals surface area contributed by atoms with E-state index in [2.05, 4.69) is 22.2 Å². The molecule has 3 heterocycles. The maximum atomic E-state index is 12.9. The first-order valence-corrected chi connectivity index (χ1v) is 9.82. The Morgan fingerprint density at radius 3 is 2.52 bits per heavy atom. The number of fused-ring (bicyclic) bond motifs is 4. The van der Waals surface area contributed by atoms with Crippen LogP contribution in [0.1, 0.15) is 12.8 Å². The fourth-order valence-electron chi connectivity index (χ4n) is 4.21. The van der Waals surface area contributed by atoms with Crippen molar-refractivity contribution in [1.82, 2.24) is 19.7 Å². The lowest BCUT2D eigenvalue weighted by Gasteiger charge is -2.46. The fourth-order valence-corrected chi connectivity index (χ4v) is 4.21. The average Bonchev–Trinajstić information content (AvgIpc) is 2.76. The largest absolute Gasteiger partial charge is 0.497 e. The highest BCUT2D eigenvalue weighted by atomic mass is 16.5. The lowest BCUT2D eigenvalue weighted by Crippen LogP contribution is -2.53. The van der Waals surface area contributed by atoms with Crippen LogP contribution in [0.3, 0.4) is 0 Å². The number of likely N-dealkylation sites (tertiary alicyclic amines) is 1. The van der Waals surface area contributed by atoms with Crippen molar-refractivity contribution in [3.8, 4) is 28.4 Å². The van der Waals surface area contributed by atoms with Crippen LogP contribution in [0.5, 0.6) is 5.75 Å². The van der Waals surface area contributed by atoms with Crippen molar-refractivity contribution in [3.05, 3.63) is 58.9 Å². The van der Waals surface area contributed by atoms with Gasteiger partial charge in [0.05, 0.1) is 7.11 Å². The minimum atomic E-state index is -0.391. The Morgan fingerprint density at radius 1 is 1.07 bits per heavy atom. The Balaban J connectivity index is 1.71. The van der Waals surface area contributed by atoms with Crippen molar-refractivity contribution >= 4 is 5.69 Å². The lowest BCUT2D eigenvalue weighted by atomic mass is 9.93. The summed E-state index contributed by atoms with van der Waals surface area (Å²) in [4.78, 5) is 19.7. The quantitative estimate of drug-likeness (QED) is 0.727. The Morgan fingerprint density at radius 2 is 1.79 bits per heavy atom. The number of para-hydroxylation sites is 1. The Kier molecular flexibility index (Phi) is 4.13. The normalized spacial score (nSPS) is 17.3. The maximum absolute atomic E-state index is 12.9. The molecule has 7 heteroatoms. The second-order valence-corrected chi connectivity index (χ2v) is 7.73. The van der Waals surface area contributed by atoms with Gasteiger partial charge in [-0.15, -0.1) is 0 Å². The second-order valence-electron chi connectivity index (χ2n) is 7.73. The molecular weight excluding hydrogens is 366 g/mol. The van der Waals surface area contributed by atoms with E-state index in [4.69, 9.17) is 9.84 Å². The third kappa shape index (κ3) is 2.89. The van der Waals surface area contributed by atoms with Crippen LogP contribution in [-0.2, 0) is 5.66 Å². The van der Waals surface area contributed by atoms with Gasteiger partial charge in [-0.1, -0.05) is 12.1 Å². The van der Waals surface area contributed by atoms with Gasteiger partial charge in [0.15, 0.2) is 11.5 Å². The van der Waals surface area contributed by atoms with Gasteiger partial charge in [-0.2, -0.15) is 10.1 Å². The molecule has 2 aliphatic rings. The zero-order valence-electron chi connectivity index (χ0n) is 16.6. The molecule has 3 aromatic rings. The molecule has 5 rings (SSSR count). The number of hydrogen-bond acceptors (Lipinski definition) is 6. The van der Waals surface area contributed by atoms with Crippen LogP contribution in [0.15, 0.2) is 53.3 Å². The predicted octanol–water partition coefficient (Wildman–Crippen LogP) is 2.78. The van der Waals surface area contributed by atoms with Gasteiger partial charge >= 0.3 is 0 Å². The van der Waals surface area contributed by atoms with E-state index in [-0.39, 0.29) is 5.56 Å². The van der Waals surface area contributed by atoms with E-state index in [0.717, 1.165) is 48.5 Å². The molecule has 2 aromatic carbocycles. The summed E-state index contributed by atoms with van der Waals surface area (Å²) in [5, 5.41) is 8.58. The summed E-state index contributed by atoms with van der Waals surface area (Å²) >= 11 is 0. The Hall–Kier alpha value is -3.19. The van der Waals surface area contributed by atoms with Gasteiger partial charge in [-0.05, 0) is 43.4 Å². The van der Waals surface area contributed by atoms with Crippen LogP contribution in [-0.4, -0.2) is 46.9 Å². The molecule has 0 bridgehead atoms. The number of hydrogen-bond donors (Lipinski definition) is 1. The van der Waals surface area contributed by atoms with Gasteiger partial charge in [0.25, 0.3) is 5.56 Å². The SMILES string of the molecule is COc1ccc(-c2nn3c(nc2=O)-c2ccccc2NC32CCN(C)CC2)cc1. The third-order valence-corrected chi connectivity index (χ3v) is 5.93. The summed E-state index contributed by atoms with van der Waals surface area (Å²) < 4.78 is 7.18. The Bertz CT molecular complexity index is 1110. The number of rotatable bonds is 2. The second kappa shape index (κ2) is 6.70. The van der Waals surface area contributed by atoms with E-state index in [1.54, 1.807) is 7.11 Å². The first-order chi connectivity index (χ1) is 14.1. The van der Waals surface area contributed by atoms with Crippen LogP contribution >= 0.6 is 0 Å². The summed E-state index contributed by atoms with van der Waals surface area (Å²) in [6.45, 7) is 1.89. The number of piperidine rings is 1. The van der Waals surface area contributed by atoms with Crippen molar-refractivity contribution in [3.63, 3.8) is 0 Å². The van der Waals surface area contributed by atoms with Crippen molar-refractivity contribution in [2.45, 2.75) is 18.5 Å². The van der Waals surface area contributed by atoms with Gasteiger partial charge in [0, 0.05) is 42.7 Å². The molecule has 1 saturated heterocycles. The predicted molar refractivity (Wildman–Crippen MR) is 112 cm³/mol. The number of nitrogens with zero attached hydrogens (tertiary/aromatic N) is 4. The molecule has 0 amide bonds. The van der Waals surface area contributed by atoms with E-state index < -0.39 is 5.66 Å². The summed E-state index contributed by atoms with van der Waals surface area (Å²) in [6.07, 6.45) is 1.76. The molecule has 1 N–H and O–H groups in total. The molecule has 0 radical (unpaired) electrons. The lowest BCUT2D eigenvalue weighted by molar-refractivity contribution is 0.137. The van der Waals surface area contributed by atoms with E-state index in [1.165, 1.54) is 0 Å². The van der Waals surface area contributed by atoms with E-state index in [0.29, 0.717) is 11.5 Å². The summed E-state index contributed by atoms with van der Waals surface area (Å²) in [7, 11) is 3.75. The standard InChI is InChI=1S/C22H23N5O2/c1-26-13-11-22(12-14-26)24-18-6-4-3-5-17(18)20-23-21(28)19(25-27(20)22)15-7-9-16(29-2)10-8-15/h3-10,24H,11-14H2,1-2H3. The number of methoxy groups -OCH3 is 1. The molecule has 148 valence electrons. The van der Waals surface area contributed by atoms with Gasteiger partial charge in [-0.3, -0.25) is 4.79 Å². The zero-order valence-corrected chi connectivity index (χ0v) is 16.6. The van der Waals surface area contributed by atoms with Crippen molar-refractivity contribution < 1.29 is 4.74 Å². The molecule has 29 heavy (non-hydrogen) atoms. The molecule has 0 atom stereocenters. The average molecular weight is 389 g/mol. The minimum absolute atomic E-state index is 0.318. The van der Waals surface area contributed by atoms with E-state index in [1.807, 2.05) is 53.2 Å². The third-order valence-electron chi connectivity index (χ3n) is 5.93. The van der Waals surface area contributed by atoms with E-state index in [9.17, 15) is 4.79 Å². The van der Waals surface area contributed by atoms with Crippen molar-refractivity contribution in [2.24, 2.45) is 0 Å². The molecule has 2 aliphatic heterocycles. The first kappa shape index (κ1) is 17.9. The number of ether oxygens (including phenoxy) is 1. The number of aromatic nitrogens is 3. The smallest absolute Gasteiger partial charge is 0.300 e. The van der Waals surface area contributed by atoms with Crippen molar-refractivity contribution in [1.29, 1.82) is 0 Å². The minimum Gasteiger partial charge on any atom is -0.497 e. The fraction of sp³-hybridized carbons (Fsp3) is 0.318. The number of anilines is 1. The van der Waals surface area contributed by atoms with Gasteiger partial charge in [0.1, 0.15) is 11.4 Å². The van der Waals surface area contributed by atoms with Crippen LogP contribution in [0.4, 0.5) is 5.69 Å². The summed E-state index contributed by atoms with van der Waals surface area (Å²) in [6, 6.07) is 15.4. The highest BCUT2D eigenvalue weighted by Gasteiger charge is 2.42. The van der Waals surface area contributed by atoms with Crippen LogP contribution < -0.4 is 15.6 Å². The summed E-state index contributed by atoms with van der Waals surface area (Å²) in [5.74, 6) is 1.37. The van der Waals surface area contributed by atoms with E-state index >= 15 is 0 Å². The highest BCUT2D eigenvalue weighted by Crippen LogP contribution is 2.41. The van der Waals surface area contributed by atoms with Gasteiger partial charge in [0.2, 0.25) is 0 Å². The topological polar surface area (TPSA) is 72.3 Å². The van der Waals surface area contributed by atoms with Crippen LogP contribution in [0, 0.1) is 0 Å². The molecule has 0 saturated carbocycles. The molecule has 0 unspecified atom stereocenters. The molecule has 1 aromatic heterocycles. The number of nitrogens with one attached hydrogen (secondary N) is 1. The van der Waals surface area contributed by atoms with Crippen LogP contribution in [0.25, 0.3) is 22.6 Å². The monoisotopic (exact) mass is 389 g/mol. The molecular formula is C22H23N5O2. The zero-order chi connectivity index (χ0) is 20.0. The van der Waals surface area contributed by atoms with Crippen molar-refractivity contribution in [2.75, 3.05) is 32.6 Å². The highest BCUT2D eigenvalue weighted by molar-refractivity contribution is 5.76. The molecule has 0 aliphatic carbocycles. The molecule has 1 spiro atoms. The van der Waals surface area contributed by atoms with Gasteiger partial charge < -0.3 is 15.0 Å². The Labute approximate surface area is 169 Å². The molecule has 1 fully saturated rings.